The van der Waals surface area contributed by atoms with Crippen molar-refractivity contribution in [2.45, 2.75) is 39.8 Å². The van der Waals surface area contributed by atoms with Crippen molar-refractivity contribution in [2.75, 3.05) is 11.1 Å². The summed E-state index contributed by atoms with van der Waals surface area (Å²) < 4.78 is 1.81. The van der Waals surface area contributed by atoms with Crippen molar-refractivity contribution in [1.29, 1.82) is 0 Å². The lowest BCUT2D eigenvalue weighted by atomic mass is 9.92. The van der Waals surface area contributed by atoms with Crippen molar-refractivity contribution in [3.8, 4) is 5.69 Å². The van der Waals surface area contributed by atoms with E-state index in [1.54, 1.807) is 6.33 Å². The zero-order chi connectivity index (χ0) is 21.1. The molecular formula is C22H24N4O2S. The lowest BCUT2D eigenvalue weighted by Crippen LogP contribution is -2.10. The third-order valence-electron chi connectivity index (χ3n) is 4.94. The molecule has 0 bridgehead atoms. The highest BCUT2D eigenvalue weighted by Gasteiger charge is 2.18. The normalized spacial score (nSPS) is 10.8. The smallest absolute Gasteiger partial charge is 0.221 e. The minimum Gasteiger partial charge on any atom is -0.326 e. The molecule has 0 aliphatic carbocycles. The summed E-state index contributed by atoms with van der Waals surface area (Å²) in [7, 11) is 0. The summed E-state index contributed by atoms with van der Waals surface area (Å²) in [4.78, 5) is 24.3. The Labute approximate surface area is 174 Å². The van der Waals surface area contributed by atoms with Gasteiger partial charge >= 0.3 is 0 Å². The second kappa shape index (κ2) is 8.61. The van der Waals surface area contributed by atoms with Gasteiger partial charge in [-0.05, 0) is 68.1 Å². The number of hydrogen-bond acceptors (Lipinski definition) is 5. The van der Waals surface area contributed by atoms with Crippen LogP contribution in [0.4, 0.5) is 5.69 Å². The van der Waals surface area contributed by atoms with E-state index in [0.29, 0.717) is 10.8 Å². The van der Waals surface area contributed by atoms with Crippen LogP contribution in [-0.2, 0) is 4.79 Å². The van der Waals surface area contributed by atoms with Gasteiger partial charge in [0, 0.05) is 18.2 Å². The van der Waals surface area contributed by atoms with Crippen LogP contribution in [0.1, 0.15) is 39.5 Å². The number of thioether (sulfide) groups is 1. The number of amides is 1. The standard InChI is InChI=1S/C22H24N4O2S/c1-13-9-14(2)16(4)21(15(13)3)20(28)11-29-22-25-23-12-26(22)19-8-6-7-18(10-19)24-17(5)27/h6-10,12H,11H2,1-5H3,(H,24,27). The molecule has 7 heteroatoms. The van der Waals surface area contributed by atoms with Crippen LogP contribution in [0.5, 0.6) is 0 Å². The van der Waals surface area contributed by atoms with Crippen LogP contribution in [0.15, 0.2) is 41.8 Å². The van der Waals surface area contributed by atoms with Crippen LogP contribution >= 0.6 is 11.8 Å². The van der Waals surface area contributed by atoms with E-state index in [0.717, 1.165) is 33.5 Å². The summed E-state index contributed by atoms with van der Waals surface area (Å²) in [5.74, 6) is 0.220. The molecule has 0 fully saturated rings. The van der Waals surface area contributed by atoms with Crippen LogP contribution in [0.3, 0.4) is 0 Å². The van der Waals surface area contributed by atoms with Crippen molar-refractivity contribution < 1.29 is 9.59 Å². The first kappa shape index (κ1) is 20.8. The highest BCUT2D eigenvalue weighted by Crippen LogP contribution is 2.26. The van der Waals surface area contributed by atoms with E-state index < -0.39 is 0 Å². The molecule has 0 aliphatic rings. The minimum atomic E-state index is -0.134. The number of benzene rings is 2. The van der Waals surface area contributed by atoms with E-state index in [-0.39, 0.29) is 17.4 Å². The minimum absolute atomic E-state index is 0.0818. The maximum absolute atomic E-state index is 13.0. The first-order chi connectivity index (χ1) is 13.8. The van der Waals surface area contributed by atoms with Crippen LogP contribution in [0.25, 0.3) is 5.69 Å². The molecule has 0 unspecified atom stereocenters. The number of hydrogen-bond donors (Lipinski definition) is 1. The molecule has 1 N–H and O–H groups in total. The van der Waals surface area contributed by atoms with Crippen molar-refractivity contribution in [1.82, 2.24) is 14.8 Å². The number of anilines is 1. The lowest BCUT2D eigenvalue weighted by molar-refractivity contribution is -0.114. The maximum atomic E-state index is 13.0. The Balaban J connectivity index is 1.82. The second-order valence-electron chi connectivity index (χ2n) is 7.06. The third-order valence-corrected chi connectivity index (χ3v) is 5.88. The Morgan fingerprint density at radius 3 is 2.41 bits per heavy atom. The van der Waals surface area contributed by atoms with Gasteiger partial charge < -0.3 is 5.32 Å². The van der Waals surface area contributed by atoms with Crippen molar-refractivity contribution in [3.05, 3.63) is 64.5 Å². The molecule has 1 heterocycles. The zero-order valence-electron chi connectivity index (χ0n) is 17.2. The topological polar surface area (TPSA) is 76.9 Å². The summed E-state index contributed by atoms with van der Waals surface area (Å²) in [6.45, 7) is 9.52. The Morgan fingerprint density at radius 1 is 1.07 bits per heavy atom. The van der Waals surface area contributed by atoms with Crippen molar-refractivity contribution in [3.63, 3.8) is 0 Å². The molecule has 29 heavy (non-hydrogen) atoms. The molecule has 3 rings (SSSR count). The van der Waals surface area contributed by atoms with Gasteiger partial charge in [0.25, 0.3) is 0 Å². The number of rotatable bonds is 6. The monoisotopic (exact) mass is 408 g/mol. The Hall–Kier alpha value is -2.93. The van der Waals surface area contributed by atoms with Gasteiger partial charge in [0.15, 0.2) is 10.9 Å². The number of aryl methyl sites for hydroxylation is 2. The van der Waals surface area contributed by atoms with Gasteiger partial charge in [-0.25, -0.2) is 0 Å². The predicted octanol–water partition coefficient (Wildman–Crippen LogP) is 4.43. The third kappa shape index (κ3) is 4.56. The Morgan fingerprint density at radius 2 is 1.76 bits per heavy atom. The van der Waals surface area contributed by atoms with Gasteiger partial charge in [-0.3, -0.25) is 14.2 Å². The van der Waals surface area contributed by atoms with Gasteiger partial charge in [-0.1, -0.05) is 23.9 Å². The molecule has 6 nitrogen and oxygen atoms in total. The maximum Gasteiger partial charge on any atom is 0.221 e. The van der Waals surface area contributed by atoms with Crippen LogP contribution in [-0.4, -0.2) is 32.2 Å². The fraction of sp³-hybridized carbons (Fsp3) is 0.273. The summed E-state index contributed by atoms with van der Waals surface area (Å²) in [6, 6.07) is 9.53. The Kier molecular flexibility index (Phi) is 6.17. The highest BCUT2D eigenvalue weighted by atomic mass is 32.2. The fourth-order valence-electron chi connectivity index (χ4n) is 3.27. The molecule has 0 atom stereocenters. The molecular weight excluding hydrogens is 384 g/mol. The number of carbonyl (C=O) groups excluding carboxylic acids is 2. The fourth-order valence-corrected chi connectivity index (χ4v) is 4.08. The predicted molar refractivity (Wildman–Crippen MR) is 116 cm³/mol. The van der Waals surface area contributed by atoms with E-state index >= 15 is 0 Å². The number of nitrogens with one attached hydrogen (secondary N) is 1. The lowest BCUT2D eigenvalue weighted by Gasteiger charge is -2.14. The highest BCUT2D eigenvalue weighted by molar-refractivity contribution is 7.99. The largest absolute Gasteiger partial charge is 0.326 e. The van der Waals surface area contributed by atoms with Crippen molar-refractivity contribution >= 4 is 29.1 Å². The van der Waals surface area contributed by atoms with Crippen LogP contribution in [0, 0.1) is 27.7 Å². The zero-order valence-corrected chi connectivity index (χ0v) is 18.1. The van der Waals surface area contributed by atoms with E-state index in [9.17, 15) is 9.59 Å². The molecule has 0 saturated carbocycles. The molecule has 1 amide bonds. The number of aromatic nitrogens is 3. The van der Waals surface area contributed by atoms with E-state index in [2.05, 4.69) is 21.6 Å². The van der Waals surface area contributed by atoms with Gasteiger partial charge in [0.1, 0.15) is 6.33 Å². The Bertz CT molecular complexity index is 1060. The van der Waals surface area contributed by atoms with Crippen LogP contribution in [0.2, 0.25) is 0 Å². The summed E-state index contributed by atoms with van der Waals surface area (Å²) >= 11 is 1.35. The summed E-state index contributed by atoms with van der Waals surface area (Å²) in [5, 5.41) is 11.6. The molecule has 0 spiro atoms. The molecule has 150 valence electrons. The van der Waals surface area contributed by atoms with Gasteiger partial charge in [0.2, 0.25) is 5.91 Å². The number of nitrogens with zero attached hydrogens (tertiary/aromatic N) is 3. The molecule has 1 aromatic heterocycles. The van der Waals surface area contributed by atoms with E-state index in [4.69, 9.17) is 0 Å². The SMILES string of the molecule is CC(=O)Nc1cccc(-n2cnnc2SCC(=O)c2c(C)c(C)cc(C)c2C)c1. The first-order valence-electron chi connectivity index (χ1n) is 9.29. The number of carbonyl (C=O) groups is 2. The molecule has 0 saturated heterocycles. The van der Waals surface area contributed by atoms with Gasteiger partial charge in [-0.15, -0.1) is 10.2 Å². The molecule has 0 aliphatic heterocycles. The second-order valence-corrected chi connectivity index (χ2v) is 8.00. The van der Waals surface area contributed by atoms with E-state index in [1.807, 2.05) is 56.5 Å². The molecule has 0 radical (unpaired) electrons. The quantitative estimate of drug-likeness (QED) is 0.482. The average molecular weight is 409 g/mol. The van der Waals surface area contributed by atoms with Crippen LogP contribution < -0.4 is 5.32 Å². The molecule has 2 aromatic carbocycles. The van der Waals surface area contributed by atoms with E-state index in [1.165, 1.54) is 18.7 Å². The number of Topliss-reactive ketones (excluding diaryl/α,β-unsaturated/α-hetero) is 1. The van der Waals surface area contributed by atoms with Gasteiger partial charge in [0.05, 0.1) is 11.4 Å². The van der Waals surface area contributed by atoms with Gasteiger partial charge in [-0.2, -0.15) is 0 Å². The molecule has 3 aromatic rings. The van der Waals surface area contributed by atoms with Crippen molar-refractivity contribution in [2.24, 2.45) is 0 Å². The number of ketones is 1. The first-order valence-corrected chi connectivity index (χ1v) is 10.3. The summed E-state index contributed by atoms with van der Waals surface area (Å²) in [6.07, 6.45) is 1.60. The average Bonchev–Trinajstić information content (AvgIpc) is 3.13. The summed E-state index contributed by atoms with van der Waals surface area (Å²) in [5.41, 5.74) is 6.62.